The smallest absolute Gasteiger partial charge is 0.224 e. The first-order chi connectivity index (χ1) is 16.0. The molecule has 1 aliphatic heterocycles. The number of nitrogens with zero attached hydrogens (tertiary/aromatic N) is 4. The minimum Gasteiger partial charge on any atom is -0.497 e. The van der Waals surface area contributed by atoms with E-state index in [9.17, 15) is 4.79 Å². The fourth-order valence-corrected chi connectivity index (χ4v) is 4.40. The Balaban J connectivity index is 1.33. The highest BCUT2D eigenvalue weighted by molar-refractivity contribution is 7.71. The molecule has 1 aliphatic rings. The van der Waals surface area contributed by atoms with Gasteiger partial charge in [-0.25, -0.2) is 0 Å². The molecule has 2 aromatic carbocycles. The summed E-state index contributed by atoms with van der Waals surface area (Å²) in [6.07, 6.45) is 1.38. The molecule has 2 heterocycles. The third-order valence-corrected chi connectivity index (χ3v) is 6.44. The first kappa shape index (κ1) is 23.2. The molecule has 0 aliphatic carbocycles. The number of aromatic amines is 1. The molecule has 1 amide bonds. The molecule has 0 radical (unpaired) electrons. The molecule has 0 unspecified atom stereocenters. The van der Waals surface area contributed by atoms with Gasteiger partial charge in [-0.2, -0.15) is 5.10 Å². The third kappa shape index (κ3) is 5.89. The molecule has 7 nitrogen and oxygen atoms in total. The second kappa shape index (κ2) is 10.8. The molecule has 1 saturated heterocycles. The van der Waals surface area contributed by atoms with E-state index < -0.39 is 0 Å². The van der Waals surface area contributed by atoms with E-state index in [1.54, 1.807) is 7.11 Å². The number of aryl methyl sites for hydroxylation is 1. The summed E-state index contributed by atoms with van der Waals surface area (Å²) in [7, 11) is 1.68. The van der Waals surface area contributed by atoms with Gasteiger partial charge in [0.05, 0.1) is 7.11 Å². The van der Waals surface area contributed by atoms with Crippen LogP contribution in [0.1, 0.15) is 24.0 Å². The molecular weight excluding hydrogens is 434 g/mol. The molecule has 4 rings (SSSR count). The van der Waals surface area contributed by atoms with E-state index in [4.69, 9.17) is 17.0 Å². The van der Waals surface area contributed by atoms with Crippen molar-refractivity contribution in [2.75, 3.05) is 33.3 Å². The zero-order chi connectivity index (χ0) is 23.2. The average Bonchev–Trinajstić information content (AvgIpc) is 3.04. The Morgan fingerprint density at radius 3 is 2.55 bits per heavy atom. The maximum atomic E-state index is 13.0. The van der Waals surface area contributed by atoms with Gasteiger partial charge in [-0.05, 0) is 43.3 Å². The number of ether oxygens (including phenoxy) is 1. The highest BCUT2D eigenvalue weighted by atomic mass is 32.1. The van der Waals surface area contributed by atoms with Gasteiger partial charge in [-0.1, -0.05) is 42.0 Å². The van der Waals surface area contributed by atoms with Gasteiger partial charge in [0.15, 0.2) is 10.6 Å². The zero-order valence-corrected chi connectivity index (χ0v) is 20.1. The standard InChI is InChI=1S/C25H31N5O2S/c1-19-4-8-21(9-5-19)24-26-27-25(33)30(24)15-12-23(31)29-14-3-13-28(16-17-29)18-20-6-10-22(32-2)11-7-20/h4-11H,3,12-18H2,1-2H3,(H,27,33). The molecule has 1 N–H and O–H groups in total. The summed E-state index contributed by atoms with van der Waals surface area (Å²) in [6, 6.07) is 16.4. The summed E-state index contributed by atoms with van der Waals surface area (Å²) in [5, 5.41) is 7.26. The van der Waals surface area contributed by atoms with Crippen LogP contribution < -0.4 is 4.74 Å². The van der Waals surface area contributed by atoms with Crippen molar-refractivity contribution in [1.82, 2.24) is 24.6 Å². The van der Waals surface area contributed by atoms with Crippen molar-refractivity contribution in [1.29, 1.82) is 0 Å². The molecule has 0 atom stereocenters. The van der Waals surface area contributed by atoms with Gasteiger partial charge in [-0.15, -0.1) is 0 Å². The lowest BCUT2D eigenvalue weighted by atomic mass is 10.1. The number of hydrogen-bond acceptors (Lipinski definition) is 5. The average molecular weight is 466 g/mol. The highest BCUT2D eigenvalue weighted by Crippen LogP contribution is 2.19. The highest BCUT2D eigenvalue weighted by Gasteiger charge is 2.20. The summed E-state index contributed by atoms with van der Waals surface area (Å²) in [4.78, 5) is 17.4. The zero-order valence-electron chi connectivity index (χ0n) is 19.3. The van der Waals surface area contributed by atoms with Gasteiger partial charge in [0, 0.05) is 51.3 Å². The number of amides is 1. The maximum Gasteiger partial charge on any atom is 0.224 e. The van der Waals surface area contributed by atoms with Gasteiger partial charge < -0.3 is 9.64 Å². The van der Waals surface area contributed by atoms with Crippen molar-refractivity contribution in [3.63, 3.8) is 0 Å². The number of rotatable bonds is 7. The van der Waals surface area contributed by atoms with E-state index in [-0.39, 0.29) is 5.91 Å². The van der Waals surface area contributed by atoms with Crippen molar-refractivity contribution in [2.24, 2.45) is 0 Å². The molecule has 1 fully saturated rings. The van der Waals surface area contributed by atoms with E-state index >= 15 is 0 Å². The summed E-state index contributed by atoms with van der Waals surface area (Å²) in [5.74, 6) is 1.81. The van der Waals surface area contributed by atoms with Gasteiger partial charge >= 0.3 is 0 Å². The molecule has 174 valence electrons. The Labute approximate surface area is 200 Å². The normalized spacial score (nSPS) is 14.8. The van der Waals surface area contributed by atoms with Crippen molar-refractivity contribution < 1.29 is 9.53 Å². The monoisotopic (exact) mass is 465 g/mol. The number of carbonyl (C=O) groups excluding carboxylic acids is 1. The van der Waals surface area contributed by atoms with Gasteiger partial charge in [0.2, 0.25) is 5.91 Å². The number of methoxy groups -OCH3 is 1. The van der Waals surface area contributed by atoms with Crippen LogP contribution in [0.3, 0.4) is 0 Å². The fourth-order valence-electron chi connectivity index (χ4n) is 4.18. The molecule has 8 heteroatoms. The number of carbonyl (C=O) groups is 1. The molecule has 33 heavy (non-hydrogen) atoms. The first-order valence-corrected chi connectivity index (χ1v) is 11.8. The van der Waals surface area contributed by atoms with E-state index in [2.05, 4.69) is 46.3 Å². The summed E-state index contributed by atoms with van der Waals surface area (Å²) in [6.45, 7) is 6.85. The van der Waals surface area contributed by atoms with Crippen LogP contribution in [0.15, 0.2) is 48.5 Å². The van der Waals surface area contributed by atoms with Crippen LogP contribution in [0.4, 0.5) is 0 Å². The number of benzene rings is 2. The first-order valence-electron chi connectivity index (χ1n) is 11.4. The number of nitrogens with one attached hydrogen (secondary N) is 1. The molecule has 0 bridgehead atoms. The van der Waals surface area contributed by atoms with E-state index in [1.165, 1.54) is 11.1 Å². The van der Waals surface area contributed by atoms with Crippen molar-refractivity contribution in [3.05, 3.63) is 64.4 Å². The van der Waals surface area contributed by atoms with Crippen LogP contribution in [0, 0.1) is 11.7 Å². The molecular formula is C25H31N5O2S. The number of hydrogen-bond donors (Lipinski definition) is 1. The van der Waals surface area contributed by atoms with Gasteiger partial charge in [0.25, 0.3) is 0 Å². The largest absolute Gasteiger partial charge is 0.497 e. The fraction of sp³-hybridized carbons (Fsp3) is 0.400. The Kier molecular flexibility index (Phi) is 7.57. The Hall–Kier alpha value is -2.97. The number of H-pyrrole nitrogens is 1. The Bertz CT molecular complexity index is 1120. The molecule has 1 aromatic heterocycles. The van der Waals surface area contributed by atoms with Crippen LogP contribution in [-0.4, -0.2) is 63.8 Å². The second-order valence-corrected chi connectivity index (χ2v) is 8.87. The van der Waals surface area contributed by atoms with Crippen molar-refractivity contribution >= 4 is 18.1 Å². The van der Waals surface area contributed by atoms with E-state index in [0.29, 0.717) is 17.7 Å². The third-order valence-electron chi connectivity index (χ3n) is 6.12. The van der Waals surface area contributed by atoms with Crippen molar-refractivity contribution in [2.45, 2.75) is 32.9 Å². The lowest BCUT2D eigenvalue weighted by Crippen LogP contribution is -2.35. The Morgan fingerprint density at radius 2 is 1.82 bits per heavy atom. The lowest BCUT2D eigenvalue weighted by Gasteiger charge is -2.22. The van der Waals surface area contributed by atoms with E-state index in [0.717, 1.165) is 56.3 Å². The van der Waals surface area contributed by atoms with Gasteiger partial charge in [0.1, 0.15) is 5.75 Å². The predicted octanol–water partition coefficient (Wildman–Crippen LogP) is 4.05. The SMILES string of the molecule is COc1ccc(CN2CCCN(C(=O)CCn3c(-c4ccc(C)cc4)n[nH]c3=S)CC2)cc1. The Morgan fingerprint density at radius 1 is 1.06 bits per heavy atom. The number of aromatic nitrogens is 3. The topological polar surface area (TPSA) is 66.4 Å². The molecule has 0 saturated carbocycles. The second-order valence-electron chi connectivity index (χ2n) is 8.48. The van der Waals surface area contributed by atoms with Crippen LogP contribution >= 0.6 is 12.2 Å². The summed E-state index contributed by atoms with van der Waals surface area (Å²) >= 11 is 5.43. The quantitative estimate of drug-likeness (QED) is 0.533. The van der Waals surface area contributed by atoms with Crippen LogP contribution in [0.2, 0.25) is 0 Å². The van der Waals surface area contributed by atoms with Crippen LogP contribution in [0.5, 0.6) is 5.75 Å². The van der Waals surface area contributed by atoms with Gasteiger partial charge in [-0.3, -0.25) is 19.4 Å². The summed E-state index contributed by atoms with van der Waals surface area (Å²) in [5.41, 5.74) is 3.44. The summed E-state index contributed by atoms with van der Waals surface area (Å²) < 4.78 is 7.71. The lowest BCUT2D eigenvalue weighted by molar-refractivity contribution is -0.131. The predicted molar refractivity (Wildman–Crippen MR) is 132 cm³/mol. The minimum atomic E-state index is 0.166. The van der Waals surface area contributed by atoms with Crippen LogP contribution in [0.25, 0.3) is 11.4 Å². The van der Waals surface area contributed by atoms with Crippen molar-refractivity contribution in [3.8, 4) is 17.1 Å². The molecule has 0 spiro atoms. The maximum absolute atomic E-state index is 13.0. The minimum absolute atomic E-state index is 0.166. The van der Waals surface area contributed by atoms with Crippen LogP contribution in [-0.2, 0) is 17.9 Å². The molecule has 3 aromatic rings. The van der Waals surface area contributed by atoms with E-state index in [1.807, 2.05) is 33.7 Å².